The number of ether oxygens (including phenoxy) is 2. The molecular formula is C25H22F2N4O4. The second kappa shape index (κ2) is 9.49. The number of hydrogen-bond acceptors (Lipinski definition) is 6. The minimum Gasteiger partial charge on any atom is -0.494 e. The predicted molar refractivity (Wildman–Crippen MR) is 125 cm³/mol. The van der Waals surface area contributed by atoms with E-state index in [-0.39, 0.29) is 29.4 Å². The number of rotatable bonds is 8. The fourth-order valence-electron chi connectivity index (χ4n) is 3.86. The van der Waals surface area contributed by atoms with Crippen molar-refractivity contribution in [1.29, 1.82) is 0 Å². The summed E-state index contributed by atoms with van der Waals surface area (Å²) in [4.78, 5) is 29.4. The van der Waals surface area contributed by atoms with E-state index in [0.717, 1.165) is 17.7 Å². The number of carbonyl (C=O) groups excluding carboxylic acids is 2. The summed E-state index contributed by atoms with van der Waals surface area (Å²) in [6, 6.07) is 4.64. The Bertz CT molecular complexity index is 1370. The summed E-state index contributed by atoms with van der Waals surface area (Å²) in [6.45, 7) is 3.44. The van der Waals surface area contributed by atoms with E-state index in [9.17, 15) is 18.4 Å². The summed E-state index contributed by atoms with van der Waals surface area (Å²) in [5.41, 5.74) is 2.49. The molecule has 0 saturated carbocycles. The number of allylic oxidation sites excluding steroid dienone is 1. The van der Waals surface area contributed by atoms with Crippen molar-refractivity contribution in [3.05, 3.63) is 82.5 Å². The maximum atomic E-state index is 14.8. The summed E-state index contributed by atoms with van der Waals surface area (Å²) < 4.78 is 41.1. The lowest BCUT2D eigenvalue weighted by Crippen LogP contribution is -2.11. The molecule has 0 bridgehead atoms. The molecule has 180 valence electrons. The van der Waals surface area contributed by atoms with E-state index >= 15 is 0 Å². The van der Waals surface area contributed by atoms with Crippen LogP contribution >= 0.6 is 0 Å². The molecule has 0 spiro atoms. The number of nitrogens with zero attached hydrogens (tertiary/aromatic N) is 3. The van der Waals surface area contributed by atoms with Crippen LogP contribution in [0.2, 0.25) is 0 Å². The Morgan fingerprint density at radius 2 is 1.89 bits per heavy atom. The zero-order chi connectivity index (χ0) is 25.3. The number of ketones is 1. The van der Waals surface area contributed by atoms with Gasteiger partial charge in [0.2, 0.25) is 5.91 Å². The van der Waals surface area contributed by atoms with Gasteiger partial charge >= 0.3 is 0 Å². The first-order valence-electron chi connectivity index (χ1n) is 10.6. The number of aryl methyl sites for hydroxylation is 1. The highest BCUT2D eigenvalue weighted by atomic mass is 19.1. The molecule has 3 aromatic rings. The van der Waals surface area contributed by atoms with Crippen LogP contribution in [0.4, 0.5) is 14.5 Å². The number of benzene rings is 1. The predicted octanol–water partition coefficient (Wildman–Crippen LogP) is 3.65. The van der Waals surface area contributed by atoms with Crippen molar-refractivity contribution >= 4 is 23.5 Å². The van der Waals surface area contributed by atoms with E-state index in [2.05, 4.69) is 22.0 Å². The number of nitrogens with one attached hydrogen (secondary N) is 1. The van der Waals surface area contributed by atoms with Crippen molar-refractivity contribution < 1.29 is 27.8 Å². The molecule has 2 aromatic heterocycles. The minimum absolute atomic E-state index is 0.171. The van der Waals surface area contributed by atoms with Crippen molar-refractivity contribution in [2.45, 2.75) is 12.8 Å². The molecule has 0 fully saturated rings. The summed E-state index contributed by atoms with van der Waals surface area (Å²) in [7, 11) is 4.17. The smallest absolute Gasteiger partial charge is 0.247 e. The van der Waals surface area contributed by atoms with Crippen molar-refractivity contribution in [2.75, 3.05) is 19.5 Å². The Kier molecular flexibility index (Phi) is 6.46. The molecule has 1 amide bonds. The molecule has 1 N–H and O–H groups in total. The lowest BCUT2D eigenvalue weighted by atomic mass is 9.99. The molecule has 10 heteroatoms. The molecule has 0 aliphatic heterocycles. The summed E-state index contributed by atoms with van der Waals surface area (Å²) >= 11 is 0. The van der Waals surface area contributed by atoms with Gasteiger partial charge in [0.1, 0.15) is 5.56 Å². The number of hydrogen-bond donors (Lipinski definition) is 1. The molecule has 2 heterocycles. The highest BCUT2D eigenvalue weighted by molar-refractivity contribution is 6.13. The zero-order valence-electron chi connectivity index (χ0n) is 19.3. The van der Waals surface area contributed by atoms with Gasteiger partial charge in [-0.05, 0) is 23.8 Å². The second-order valence-corrected chi connectivity index (χ2v) is 7.84. The monoisotopic (exact) mass is 480 g/mol. The Morgan fingerprint density at radius 1 is 1.20 bits per heavy atom. The minimum atomic E-state index is -1.09. The third-order valence-corrected chi connectivity index (χ3v) is 5.55. The Labute approximate surface area is 199 Å². The molecule has 0 unspecified atom stereocenters. The van der Waals surface area contributed by atoms with Gasteiger partial charge in [-0.15, -0.1) is 0 Å². The number of anilines is 1. The number of methoxy groups -OCH3 is 2. The molecular weight excluding hydrogens is 458 g/mol. The normalized spacial score (nSPS) is 12.1. The molecule has 1 aliphatic carbocycles. The Hall–Kier alpha value is -4.34. The van der Waals surface area contributed by atoms with E-state index in [1.807, 2.05) is 0 Å². The maximum absolute atomic E-state index is 14.8. The van der Waals surface area contributed by atoms with Gasteiger partial charge in [0.15, 0.2) is 28.9 Å². The quantitative estimate of drug-likeness (QED) is 0.391. The van der Waals surface area contributed by atoms with Crippen LogP contribution in [0.3, 0.4) is 0 Å². The molecule has 0 radical (unpaired) electrons. The highest BCUT2D eigenvalue weighted by Gasteiger charge is 2.30. The average molecular weight is 480 g/mol. The van der Waals surface area contributed by atoms with Crippen molar-refractivity contribution in [1.82, 2.24) is 14.8 Å². The van der Waals surface area contributed by atoms with Gasteiger partial charge in [0.05, 0.1) is 31.3 Å². The first-order chi connectivity index (χ1) is 16.7. The number of aromatic nitrogens is 3. The molecule has 8 nitrogen and oxygen atoms in total. The molecule has 4 rings (SSSR count). The van der Waals surface area contributed by atoms with E-state index in [0.29, 0.717) is 29.2 Å². The summed E-state index contributed by atoms with van der Waals surface area (Å²) in [6.07, 6.45) is 4.84. The first-order valence-corrected chi connectivity index (χ1v) is 10.6. The lowest BCUT2D eigenvalue weighted by Gasteiger charge is -2.12. The van der Waals surface area contributed by atoms with Crippen LogP contribution in [0.1, 0.15) is 33.0 Å². The number of carbonyl (C=O) groups is 2. The summed E-state index contributed by atoms with van der Waals surface area (Å²) in [5.74, 6) is -3.94. The van der Waals surface area contributed by atoms with Crippen LogP contribution in [-0.2, 0) is 24.7 Å². The highest BCUT2D eigenvalue weighted by Crippen LogP contribution is 2.35. The average Bonchev–Trinajstić information content (AvgIpc) is 3.41. The SMILES string of the molecule is C=CC(=O)Nc1cn(C)nc1Cc1ccc2c(n1)C=C(C(=O)c1c(F)c(OC)cc(OC)c1F)C2. The van der Waals surface area contributed by atoms with E-state index in [1.54, 1.807) is 30.1 Å². The number of pyridine rings is 1. The van der Waals surface area contributed by atoms with Gasteiger partial charge in [-0.25, -0.2) is 8.78 Å². The lowest BCUT2D eigenvalue weighted by molar-refractivity contribution is -0.111. The Balaban J connectivity index is 1.63. The third kappa shape index (κ3) is 4.54. The van der Waals surface area contributed by atoms with Crippen LogP contribution in [0.25, 0.3) is 6.08 Å². The van der Waals surface area contributed by atoms with Gasteiger partial charge < -0.3 is 14.8 Å². The number of Topliss-reactive ketones (excluding diaryl/α,β-unsaturated/α-hetero) is 1. The largest absolute Gasteiger partial charge is 0.494 e. The van der Waals surface area contributed by atoms with Crippen LogP contribution in [0, 0.1) is 11.6 Å². The van der Waals surface area contributed by atoms with E-state index in [4.69, 9.17) is 9.47 Å². The second-order valence-electron chi connectivity index (χ2n) is 7.84. The van der Waals surface area contributed by atoms with Gasteiger partial charge in [0.25, 0.3) is 0 Å². The number of amides is 1. The third-order valence-electron chi connectivity index (χ3n) is 5.55. The fraction of sp³-hybridized carbons (Fsp3) is 0.200. The van der Waals surface area contributed by atoms with Crippen molar-refractivity contribution in [3.8, 4) is 11.5 Å². The molecule has 0 atom stereocenters. The van der Waals surface area contributed by atoms with E-state index < -0.39 is 23.0 Å². The molecule has 0 saturated heterocycles. The van der Waals surface area contributed by atoms with Crippen molar-refractivity contribution in [3.63, 3.8) is 0 Å². The molecule has 35 heavy (non-hydrogen) atoms. The molecule has 1 aromatic carbocycles. The van der Waals surface area contributed by atoms with Gasteiger partial charge in [-0.3, -0.25) is 19.3 Å². The summed E-state index contributed by atoms with van der Waals surface area (Å²) in [5, 5.41) is 7.08. The van der Waals surface area contributed by atoms with Crippen LogP contribution in [-0.4, -0.2) is 40.7 Å². The molecule has 1 aliphatic rings. The van der Waals surface area contributed by atoms with Gasteiger partial charge in [-0.2, -0.15) is 5.10 Å². The van der Waals surface area contributed by atoms with E-state index in [1.165, 1.54) is 20.3 Å². The number of fused-ring (bicyclic) bond motifs is 1. The van der Waals surface area contributed by atoms with Crippen LogP contribution < -0.4 is 14.8 Å². The van der Waals surface area contributed by atoms with Gasteiger partial charge in [0, 0.05) is 43.4 Å². The standard InChI is InChI=1S/C25H22F2N4O4/c1-5-21(32)29-18-12-31(2)30-17(18)10-15-7-6-13-8-14(9-16(13)28-15)25(33)22-23(26)19(34-3)11-20(35-4)24(22)27/h5-7,9,11-12H,1,8,10H2,2-4H3,(H,29,32). The van der Waals surface area contributed by atoms with Crippen LogP contribution in [0.15, 0.2) is 42.6 Å². The maximum Gasteiger partial charge on any atom is 0.247 e. The van der Waals surface area contributed by atoms with Crippen LogP contribution in [0.5, 0.6) is 11.5 Å². The zero-order valence-corrected chi connectivity index (χ0v) is 19.3. The topological polar surface area (TPSA) is 95.3 Å². The van der Waals surface area contributed by atoms with Crippen molar-refractivity contribution in [2.24, 2.45) is 7.05 Å². The van der Waals surface area contributed by atoms with Gasteiger partial charge in [-0.1, -0.05) is 12.6 Å². The fourth-order valence-corrected chi connectivity index (χ4v) is 3.86. The number of halogens is 2. The Morgan fingerprint density at radius 3 is 2.51 bits per heavy atom. The first kappa shape index (κ1) is 23.8.